The number of hydrogen-bond donors (Lipinski definition) is 1. The Bertz CT molecular complexity index is 170. The van der Waals surface area contributed by atoms with Gasteiger partial charge in [0.05, 0.1) is 6.61 Å². The van der Waals surface area contributed by atoms with Gasteiger partial charge in [-0.3, -0.25) is 4.79 Å². The van der Waals surface area contributed by atoms with Gasteiger partial charge in [0.2, 0.25) is 0 Å². The van der Waals surface area contributed by atoms with E-state index in [0.717, 1.165) is 0 Å². The van der Waals surface area contributed by atoms with Gasteiger partial charge in [-0.25, -0.2) is 0 Å². The molecule has 1 saturated heterocycles. The van der Waals surface area contributed by atoms with Crippen molar-refractivity contribution in [1.29, 1.82) is 0 Å². The van der Waals surface area contributed by atoms with Crippen LogP contribution in [0.25, 0.3) is 0 Å². The van der Waals surface area contributed by atoms with Crippen molar-refractivity contribution >= 4 is 5.97 Å². The summed E-state index contributed by atoms with van der Waals surface area (Å²) >= 11 is 0. The zero-order chi connectivity index (χ0) is 7.78. The number of carboxylic acid groups (broad SMARTS) is 1. The second-order valence-corrected chi connectivity index (χ2v) is 2.65. The van der Waals surface area contributed by atoms with Crippen molar-refractivity contribution < 1.29 is 14.6 Å². The number of ether oxygens (including phenoxy) is 1. The smallest absolute Gasteiger partial charge is 0.313 e. The standard InChI is InChI=1S/C7H10O3/c1-3-5(6(8)9)7(2)4-10-7/h3,5H,1,4H2,2H3,(H,8,9). The van der Waals surface area contributed by atoms with Crippen LogP contribution in [0.1, 0.15) is 6.92 Å². The van der Waals surface area contributed by atoms with E-state index in [1.165, 1.54) is 6.08 Å². The third-order valence-electron chi connectivity index (χ3n) is 1.76. The van der Waals surface area contributed by atoms with Crippen molar-refractivity contribution in [2.45, 2.75) is 12.5 Å². The molecule has 0 radical (unpaired) electrons. The molecule has 2 unspecified atom stereocenters. The number of aliphatic carboxylic acids is 1. The highest BCUT2D eigenvalue weighted by Crippen LogP contribution is 2.35. The van der Waals surface area contributed by atoms with E-state index in [1.807, 2.05) is 0 Å². The molecule has 2 atom stereocenters. The molecule has 0 bridgehead atoms. The van der Waals surface area contributed by atoms with E-state index in [-0.39, 0.29) is 0 Å². The van der Waals surface area contributed by atoms with Gasteiger partial charge in [0.15, 0.2) is 0 Å². The van der Waals surface area contributed by atoms with Crippen LogP contribution in [0.5, 0.6) is 0 Å². The van der Waals surface area contributed by atoms with E-state index >= 15 is 0 Å². The summed E-state index contributed by atoms with van der Waals surface area (Å²) in [6.07, 6.45) is 1.41. The minimum Gasteiger partial charge on any atom is -0.481 e. The number of hydrogen-bond acceptors (Lipinski definition) is 2. The molecule has 0 spiro atoms. The average Bonchev–Trinajstić information content (AvgIpc) is 2.49. The fraction of sp³-hybridized carbons (Fsp3) is 0.571. The van der Waals surface area contributed by atoms with Gasteiger partial charge in [-0.15, -0.1) is 6.58 Å². The van der Waals surface area contributed by atoms with Crippen LogP contribution in [0, 0.1) is 5.92 Å². The Balaban J connectivity index is 2.65. The van der Waals surface area contributed by atoms with Gasteiger partial charge in [-0.2, -0.15) is 0 Å². The van der Waals surface area contributed by atoms with E-state index in [2.05, 4.69) is 6.58 Å². The largest absolute Gasteiger partial charge is 0.481 e. The van der Waals surface area contributed by atoms with Crippen molar-refractivity contribution in [2.24, 2.45) is 5.92 Å². The predicted molar refractivity (Wildman–Crippen MR) is 35.7 cm³/mol. The van der Waals surface area contributed by atoms with E-state index in [9.17, 15) is 4.79 Å². The van der Waals surface area contributed by atoms with Crippen LogP contribution in [0.4, 0.5) is 0 Å². The van der Waals surface area contributed by atoms with Crippen LogP contribution in [0.15, 0.2) is 12.7 Å². The quantitative estimate of drug-likeness (QED) is 0.465. The normalized spacial score (nSPS) is 32.9. The summed E-state index contributed by atoms with van der Waals surface area (Å²) < 4.78 is 4.96. The third-order valence-corrected chi connectivity index (χ3v) is 1.76. The number of rotatable bonds is 3. The first kappa shape index (κ1) is 7.28. The Hall–Kier alpha value is -0.830. The molecule has 1 fully saturated rings. The second kappa shape index (κ2) is 2.09. The lowest BCUT2D eigenvalue weighted by molar-refractivity contribution is -0.141. The summed E-state index contributed by atoms with van der Waals surface area (Å²) in [4.78, 5) is 10.5. The van der Waals surface area contributed by atoms with Crippen LogP contribution in [0.3, 0.4) is 0 Å². The fourth-order valence-electron chi connectivity index (χ4n) is 0.905. The second-order valence-electron chi connectivity index (χ2n) is 2.65. The highest BCUT2D eigenvalue weighted by Gasteiger charge is 2.49. The van der Waals surface area contributed by atoms with Crippen LogP contribution in [-0.2, 0) is 9.53 Å². The third kappa shape index (κ3) is 1.04. The molecule has 1 rings (SSSR count). The highest BCUT2D eigenvalue weighted by molar-refractivity contribution is 5.74. The minimum atomic E-state index is -0.866. The van der Waals surface area contributed by atoms with E-state index in [0.29, 0.717) is 6.61 Å². The minimum absolute atomic E-state index is 0.479. The molecule has 10 heavy (non-hydrogen) atoms. The van der Waals surface area contributed by atoms with Crippen molar-refractivity contribution in [1.82, 2.24) is 0 Å². The molecular weight excluding hydrogens is 132 g/mol. The lowest BCUT2D eigenvalue weighted by atomic mass is 9.95. The Morgan fingerprint density at radius 1 is 2.00 bits per heavy atom. The maximum absolute atomic E-state index is 10.5. The first-order chi connectivity index (χ1) is 4.60. The van der Waals surface area contributed by atoms with Crippen LogP contribution in [0.2, 0.25) is 0 Å². The van der Waals surface area contributed by atoms with Crippen LogP contribution >= 0.6 is 0 Å². The zero-order valence-corrected chi connectivity index (χ0v) is 5.83. The van der Waals surface area contributed by atoms with Crippen molar-refractivity contribution in [3.8, 4) is 0 Å². The summed E-state index contributed by atoms with van der Waals surface area (Å²) in [5, 5.41) is 8.60. The fourth-order valence-corrected chi connectivity index (χ4v) is 0.905. The summed E-state index contributed by atoms with van der Waals surface area (Å²) in [5.41, 5.74) is -0.479. The molecule has 0 aromatic carbocycles. The summed E-state index contributed by atoms with van der Waals surface area (Å²) in [6, 6.07) is 0. The number of carbonyl (C=O) groups is 1. The van der Waals surface area contributed by atoms with Gasteiger partial charge in [0.25, 0.3) is 0 Å². The molecule has 0 aromatic rings. The van der Waals surface area contributed by atoms with E-state index in [1.54, 1.807) is 6.92 Å². The first-order valence-electron chi connectivity index (χ1n) is 3.09. The van der Waals surface area contributed by atoms with Gasteiger partial charge in [-0.1, -0.05) is 6.08 Å². The molecule has 1 heterocycles. The van der Waals surface area contributed by atoms with Gasteiger partial charge >= 0.3 is 5.97 Å². The van der Waals surface area contributed by atoms with Crippen LogP contribution in [-0.4, -0.2) is 23.3 Å². The topological polar surface area (TPSA) is 49.8 Å². The molecule has 0 saturated carbocycles. The van der Waals surface area contributed by atoms with Crippen molar-refractivity contribution in [3.05, 3.63) is 12.7 Å². The molecule has 1 aliphatic heterocycles. The number of carboxylic acids is 1. The van der Waals surface area contributed by atoms with Crippen molar-refractivity contribution in [3.63, 3.8) is 0 Å². The Labute approximate surface area is 59.3 Å². The van der Waals surface area contributed by atoms with Crippen molar-refractivity contribution in [2.75, 3.05) is 6.61 Å². The van der Waals surface area contributed by atoms with Gasteiger partial charge in [-0.05, 0) is 6.92 Å². The molecule has 1 aliphatic rings. The molecule has 0 aromatic heterocycles. The number of epoxide rings is 1. The first-order valence-corrected chi connectivity index (χ1v) is 3.09. The SMILES string of the molecule is C=CC(C(=O)O)C1(C)CO1. The van der Waals surface area contributed by atoms with Gasteiger partial charge in [0, 0.05) is 0 Å². The average molecular weight is 142 g/mol. The highest BCUT2D eigenvalue weighted by atomic mass is 16.6. The molecule has 56 valence electrons. The predicted octanol–water partition coefficient (Wildman–Crippen LogP) is 0.662. The molecule has 0 amide bonds. The lowest BCUT2D eigenvalue weighted by Crippen LogP contribution is -2.26. The zero-order valence-electron chi connectivity index (χ0n) is 5.83. The van der Waals surface area contributed by atoms with Crippen LogP contribution < -0.4 is 0 Å². The molecule has 1 N–H and O–H groups in total. The Kier molecular flexibility index (Phi) is 1.52. The van der Waals surface area contributed by atoms with Gasteiger partial charge < -0.3 is 9.84 Å². The molecular formula is C7H10O3. The Morgan fingerprint density at radius 3 is 2.60 bits per heavy atom. The summed E-state index contributed by atoms with van der Waals surface area (Å²) in [7, 11) is 0. The lowest BCUT2D eigenvalue weighted by Gasteiger charge is -2.09. The monoisotopic (exact) mass is 142 g/mol. The molecule has 3 heteroatoms. The van der Waals surface area contributed by atoms with E-state index in [4.69, 9.17) is 9.84 Å². The Morgan fingerprint density at radius 2 is 2.50 bits per heavy atom. The van der Waals surface area contributed by atoms with Gasteiger partial charge in [0.1, 0.15) is 11.5 Å². The maximum atomic E-state index is 10.5. The molecule has 3 nitrogen and oxygen atoms in total. The maximum Gasteiger partial charge on any atom is 0.313 e. The van der Waals surface area contributed by atoms with E-state index < -0.39 is 17.5 Å². The summed E-state index contributed by atoms with van der Waals surface area (Å²) in [5.74, 6) is -1.43. The summed E-state index contributed by atoms with van der Waals surface area (Å²) in [6.45, 7) is 5.72. The molecule has 0 aliphatic carbocycles.